The molecule has 1 atom stereocenters. The summed E-state index contributed by atoms with van der Waals surface area (Å²) in [5.41, 5.74) is 3.22. The number of aromatic nitrogens is 1. The van der Waals surface area contributed by atoms with Crippen molar-refractivity contribution < 1.29 is 9.53 Å². The standard InChI is InChI=1S/C17H19ClN2O2/c18-11-5-6-14-13(9-11)12-7-8-19-16(15(12)20-14)22-17(21)10-3-1-2-4-10/h5-6,9-10,16,19-20H,1-4,7-8H2. The number of H-pyrrole nitrogens is 1. The van der Waals surface area contributed by atoms with Crippen LogP contribution < -0.4 is 5.32 Å². The molecule has 4 rings (SSSR count). The Hall–Kier alpha value is -1.52. The Labute approximate surface area is 134 Å². The summed E-state index contributed by atoms with van der Waals surface area (Å²) in [7, 11) is 0. The molecule has 22 heavy (non-hydrogen) atoms. The van der Waals surface area contributed by atoms with E-state index in [1.165, 1.54) is 5.56 Å². The molecule has 1 unspecified atom stereocenters. The Kier molecular flexibility index (Phi) is 3.59. The highest BCUT2D eigenvalue weighted by molar-refractivity contribution is 6.31. The third-order valence-corrected chi connectivity index (χ3v) is 5.03. The first-order valence-electron chi connectivity index (χ1n) is 7.96. The number of carbonyl (C=O) groups excluding carboxylic acids is 1. The maximum absolute atomic E-state index is 12.3. The number of fused-ring (bicyclic) bond motifs is 3. The number of nitrogens with one attached hydrogen (secondary N) is 2. The van der Waals surface area contributed by atoms with E-state index in [1.54, 1.807) is 0 Å². The number of hydrogen-bond donors (Lipinski definition) is 2. The minimum atomic E-state index is -0.372. The lowest BCUT2D eigenvalue weighted by atomic mass is 10.0. The number of halogens is 1. The van der Waals surface area contributed by atoms with Crippen LogP contribution in [-0.2, 0) is 16.0 Å². The van der Waals surface area contributed by atoms with E-state index in [9.17, 15) is 4.79 Å². The molecule has 1 aliphatic heterocycles. The summed E-state index contributed by atoms with van der Waals surface area (Å²) in [6.45, 7) is 0.801. The van der Waals surface area contributed by atoms with Gasteiger partial charge in [0.1, 0.15) is 0 Å². The smallest absolute Gasteiger partial charge is 0.310 e. The molecule has 4 nitrogen and oxygen atoms in total. The van der Waals surface area contributed by atoms with E-state index < -0.39 is 0 Å². The van der Waals surface area contributed by atoms with Crippen molar-refractivity contribution in [2.45, 2.75) is 38.3 Å². The zero-order chi connectivity index (χ0) is 15.1. The van der Waals surface area contributed by atoms with Gasteiger partial charge < -0.3 is 9.72 Å². The third kappa shape index (κ3) is 2.40. The van der Waals surface area contributed by atoms with E-state index in [0.29, 0.717) is 0 Å². The molecule has 1 aliphatic carbocycles. The van der Waals surface area contributed by atoms with Crippen molar-refractivity contribution in [2.24, 2.45) is 5.92 Å². The summed E-state index contributed by atoms with van der Waals surface area (Å²) in [5.74, 6) is 0.00513. The predicted octanol–water partition coefficient (Wildman–Crippen LogP) is 3.70. The van der Waals surface area contributed by atoms with E-state index in [0.717, 1.165) is 60.3 Å². The van der Waals surface area contributed by atoms with Crippen LogP contribution in [0.2, 0.25) is 5.02 Å². The van der Waals surface area contributed by atoms with Crippen LogP contribution >= 0.6 is 11.6 Å². The van der Waals surface area contributed by atoms with E-state index in [1.807, 2.05) is 18.2 Å². The van der Waals surface area contributed by atoms with Crippen molar-refractivity contribution in [3.63, 3.8) is 0 Å². The van der Waals surface area contributed by atoms with Gasteiger partial charge in [-0.3, -0.25) is 10.1 Å². The van der Waals surface area contributed by atoms with E-state index in [4.69, 9.17) is 16.3 Å². The number of aromatic amines is 1. The molecule has 2 heterocycles. The molecule has 1 saturated carbocycles. The average Bonchev–Trinajstić information content (AvgIpc) is 3.15. The van der Waals surface area contributed by atoms with Gasteiger partial charge in [0.05, 0.1) is 11.6 Å². The van der Waals surface area contributed by atoms with Crippen LogP contribution in [0.3, 0.4) is 0 Å². The molecule has 0 radical (unpaired) electrons. The number of rotatable bonds is 2. The number of benzene rings is 1. The lowest BCUT2D eigenvalue weighted by molar-refractivity contribution is -0.156. The van der Waals surface area contributed by atoms with Crippen LogP contribution in [0.4, 0.5) is 0 Å². The maximum Gasteiger partial charge on any atom is 0.310 e. The second-order valence-electron chi connectivity index (χ2n) is 6.21. The fourth-order valence-electron chi connectivity index (χ4n) is 3.64. The highest BCUT2D eigenvalue weighted by atomic mass is 35.5. The number of carbonyl (C=O) groups is 1. The molecule has 0 spiro atoms. The van der Waals surface area contributed by atoms with Crippen molar-refractivity contribution in [2.75, 3.05) is 6.54 Å². The lowest BCUT2D eigenvalue weighted by Crippen LogP contribution is -2.34. The molecule has 1 aromatic heterocycles. The van der Waals surface area contributed by atoms with Gasteiger partial charge in [-0.25, -0.2) is 0 Å². The third-order valence-electron chi connectivity index (χ3n) is 4.79. The Bertz CT molecular complexity index is 719. The van der Waals surface area contributed by atoms with Gasteiger partial charge in [0, 0.05) is 22.5 Å². The van der Waals surface area contributed by atoms with Crippen molar-refractivity contribution in [3.8, 4) is 0 Å². The minimum Gasteiger partial charge on any atom is -0.440 e. The van der Waals surface area contributed by atoms with Gasteiger partial charge in [0.15, 0.2) is 6.23 Å². The van der Waals surface area contributed by atoms with Gasteiger partial charge in [0.2, 0.25) is 0 Å². The zero-order valence-corrected chi connectivity index (χ0v) is 13.1. The Morgan fingerprint density at radius 1 is 1.27 bits per heavy atom. The normalized spacial score (nSPS) is 22.0. The second kappa shape index (κ2) is 5.60. The molecule has 2 aliphatic rings. The first-order valence-corrected chi connectivity index (χ1v) is 8.34. The first-order chi connectivity index (χ1) is 10.7. The number of ether oxygens (including phenoxy) is 1. The SMILES string of the molecule is O=C(OC1NCCc2c1[nH]c1ccc(Cl)cc21)C1CCCC1. The van der Waals surface area contributed by atoms with Crippen LogP contribution in [0.5, 0.6) is 0 Å². The van der Waals surface area contributed by atoms with Crippen molar-refractivity contribution in [1.29, 1.82) is 0 Å². The van der Waals surface area contributed by atoms with E-state index >= 15 is 0 Å². The van der Waals surface area contributed by atoms with Gasteiger partial charge in [-0.2, -0.15) is 0 Å². The van der Waals surface area contributed by atoms with Crippen LogP contribution in [0.1, 0.15) is 43.2 Å². The lowest BCUT2D eigenvalue weighted by Gasteiger charge is -2.25. The topological polar surface area (TPSA) is 54.1 Å². The van der Waals surface area contributed by atoms with E-state index in [2.05, 4.69) is 10.3 Å². The van der Waals surface area contributed by atoms with Crippen molar-refractivity contribution >= 4 is 28.5 Å². The molecule has 0 saturated heterocycles. The summed E-state index contributed by atoms with van der Waals surface area (Å²) < 4.78 is 5.75. The first kappa shape index (κ1) is 14.1. The summed E-state index contributed by atoms with van der Waals surface area (Å²) >= 11 is 6.11. The maximum atomic E-state index is 12.3. The van der Waals surface area contributed by atoms with Crippen molar-refractivity contribution in [1.82, 2.24) is 10.3 Å². The van der Waals surface area contributed by atoms with Crippen LogP contribution in [-0.4, -0.2) is 17.5 Å². The Balaban J connectivity index is 1.64. The highest BCUT2D eigenvalue weighted by Gasteiger charge is 2.31. The highest BCUT2D eigenvalue weighted by Crippen LogP contribution is 2.33. The van der Waals surface area contributed by atoms with Crippen LogP contribution in [0.15, 0.2) is 18.2 Å². The average molecular weight is 319 g/mol. The molecule has 1 aromatic carbocycles. The van der Waals surface area contributed by atoms with Crippen LogP contribution in [0.25, 0.3) is 10.9 Å². The number of esters is 1. The molecule has 116 valence electrons. The minimum absolute atomic E-state index is 0.0699. The molecular formula is C17H19ClN2O2. The number of hydrogen-bond acceptors (Lipinski definition) is 3. The Morgan fingerprint density at radius 3 is 2.91 bits per heavy atom. The van der Waals surface area contributed by atoms with Gasteiger partial charge in [-0.05, 0) is 43.0 Å². The fourth-order valence-corrected chi connectivity index (χ4v) is 3.81. The molecule has 1 fully saturated rings. The Morgan fingerprint density at radius 2 is 2.09 bits per heavy atom. The molecular weight excluding hydrogens is 300 g/mol. The molecule has 0 amide bonds. The largest absolute Gasteiger partial charge is 0.440 e. The molecule has 2 N–H and O–H groups in total. The molecule has 5 heteroatoms. The predicted molar refractivity (Wildman–Crippen MR) is 85.8 cm³/mol. The monoisotopic (exact) mass is 318 g/mol. The summed E-state index contributed by atoms with van der Waals surface area (Å²) in [6.07, 6.45) is 4.72. The zero-order valence-electron chi connectivity index (χ0n) is 12.3. The van der Waals surface area contributed by atoms with Gasteiger partial charge in [0.25, 0.3) is 0 Å². The summed E-state index contributed by atoms with van der Waals surface area (Å²) in [5, 5.41) is 5.16. The molecule has 2 aromatic rings. The fraction of sp³-hybridized carbons (Fsp3) is 0.471. The van der Waals surface area contributed by atoms with E-state index in [-0.39, 0.29) is 18.1 Å². The summed E-state index contributed by atoms with van der Waals surface area (Å²) in [6, 6.07) is 5.83. The van der Waals surface area contributed by atoms with Gasteiger partial charge in [-0.1, -0.05) is 24.4 Å². The van der Waals surface area contributed by atoms with Gasteiger partial charge in [-0.15, -0.1) is 0 Å². The molecule has 0 bridgehead atoms. The van der Waals surface area contributed by atoms with Gasteiger partial charge >= 0.3 is 5.97 Å². The van der Waals surface area contributed by atoms with Crippen LogP contribution in [0, 0.1) is 5.92 Å². The second-order valence-corrected chi connectivity index (χ2v) is 6.65. The van der Waals surface area contributed by atoms with Crippen molar-refractivity contribution in [3.05, 3.63) is 34.5 Å². The quantitative estimate of drug-likeness (QED) is 0.830. The summed E-state index contributed by atoms with van der Waals surface area (Å²) in [4.78, 5) is 15.7.